The number of hydrogen-bond donors (Lipinski definition) is 2. The Hall–Kier alpha value is -3.35. The molecule has 3 aromatic rings. The Balaban J connectivity index is 1.74. The van der Waals surface area contributed by atoms with Crippen molar-refractivity contribution in [2.24, 2.45) is 0 Å². The summed E-state index contributed by atoms with van der Waals surface area (Å²) < 4.78 is 24.0. The Kier molecular flexibility index (Phi) is 4.94. The van der Waals surface area contributed by atoms with Crippen LogP contribution in [0.15, 0.2) is 55.0 Å². The summed E-state index contributed by atoms with van der Waals surface area (Å²) in [4.78, 5) is 18.7. The minimum absolute atomic E-state index is 0.223. The molecule has 0 atom stereocenters. The second kappa shape index (κ2) is 7.48. The molecule has 0 saturated heterocycles. The summed E-state index contributed by atoms with van der Waals surface area (Å²) >= 11 is 0. The quantitative estimate of drug-likeness (QED) is 0.720. The number of H-pyrrole nitrogens is 1. The topological polar surface area (TPSA) is 76.2 Å². The van der Waals surface area contributed by atoms with Crippen molar-refractivity contribution in [3.8, 4) is 11.5 Å². The number of aromatic nitrogens is 2. The van der Waals surface area contributed by atoms with Crippen molar-refractivity contribution in [1.82, 2.24) is 9.97 Å². The van der Waals surface area contributed by atoms with Gasteiger partial charge in [-0.05, 0) is 29.8 Å². The van der Waals surface area contributed by atoms with Gasteiger partial charge in [0, 0.05) is 6.07 Å². The van der Waals surface area contributed by atoms with Crippen molar-refractivity contribution < 1.29 is 18.7 Å². The molecule has 0 aliphatic heterocycles. The fraction of sp³-hybridized carbons (Fsp3) is 0.111. The Labute approximate surface area is 143 Å². The van der Waals surface area contributed by atoms with Crippen molar-refractivity contribution in [2.75, 3.05) is 12.4 Å². The number of rotatable bonds is 6. The number of ether oxygens (including phenoxy) is 2. The van der Waals surface area contributed by atoms with Crippen LogP contribution in [0.1, 0.15) is 16.1 Å². The monoisotopic (exact) mass is 341 g/mol. The van der Waals surface area contributed by atoms with Gasteiger partial charge >= 0.3 is 0 Å². The maximum atomic E-state index is 13.2. The van der Waals surface area contributed by atoms with Gasteiger partial charge in [-0.2, -0.15) is 0 Å². The zero-order chi connectivity index (χ0) is 17.6. The summed E-state index contributed by atoms with van der Waals surface area (Å²) in [7, 11) is 1.52. The summed E-state index contributed by atoms with van der Waals surface area (Å²) in [6.07, 6.45) is 2.86. The van der Waals surface area contributed by atoms with Crippen LogP contribution in [0.25, 0.3) is 0 Å². The van der Waals surface area contributed by atoms with Gasteiger partial charge in [-0.1, -0.05) is 12.1 Å². The van der Waals surface area contributed by atoms with Crippen LogP contribution in [0.4, 0.5) is 10.1 Å². The van der Waals surface area contributed by atoms with E-state index in [1.165, 1.54) is 31.8 Å². The summed E-state index contributed by atoms with van der Waals surface area (Å²) in [5, 5.41) is 2.76. The van der Waals surface area contributed by atoms with Gasteiger partial charge in [0.1, 0.15) is 29.6 Å². The molecular weight excluding hydrogens is 325 g/mol. The number of carbonyl (C=O) groups excluding carboxylic acids is 1. The van der Waals surface area contributed by atoms with Crippen LogP contribution >= 0.6 is 0 Å². The lowest BCUT2D eigenvalue weighted by Crippen LogP contribution is -2.13. The van der Waals surface area contributed by atoms with Gasteiger partial charge < -0.3 is 19.8 Å². The number of anilines is 1. The van der Waals surface area contributed by atoms with Crippen LogP contribution in [-0.2, 0) is 6.61 Å². The van der Waals surface area contributed by atoms with E-state index in [2.05, 4.69) is 15.3 Å². The number of amides is 1. The fourth-order valence-corrected chi connectivity index (χ4v) is 2.24. The molecule has 0 aliphatic rings. The van der Waals surface area contributed by atoms with Crippen LogP contribution in [0.3, 0.4) is 0 Å². The molecule has 0 spiro atoms. The zero-order valence-electron chi connectivity index (χ0n) is 13.5. The van der Waals surface area contributed by atoms with E-state index in [0.29, 0.717) is 22.9 Å². The lowest BCUT2D eigenvalue weighted by atomic mass is 10.2. The molecule has 1 aromatic heterocycles. The number of aromatic amines is 1. The first-order chi connectivity index (χ1) is 12.2. The zero-order valence-corrected chi connectivity index (χ0v) is 13.5. The molecule has 0 radical (unpaired) electrons. The number of halogens is 1. The van der Waals surface area contributed by atoms with Crippen LogP contribution < -0.4 is 14.8 Å². The van der Waals surface area contributed by atoms with E-state index in [-0.39, 0.29) is 18.3 Å². The van der Waals surface area contributed by atoms with Gasteiger partial charge in [0.15, 0.2) is 0 Å². The first-order valence-corrected chi connectivity index (χ1v) is 7.50. The molecule has 7 heteroatoms. The first kappa shape index (κ1) is 16.5. The van der Waals surface area contributed by atoms with Gasteiger partial charge in [-0.3, -0.25) is 4.79 Å². The molecule has 0 aliphatic carbocycles. The molecule has 2 aromatic carbocycles. The van der Waals surface area contributed by atoms with Gasteiger partial charge in [0.05, 0.1) is 25.3 Å². The highest BCUT2D eigenvalue weighted by molar-refractivity contribution is 6.03. The van der Waals surface area contributed by atoms with Gasteiger partial charge in [0.2, 0.25) is 0 Å². The summed E-state index contributed by atoms with van der Waals surface area (Å²) in [6.45, 7) is 0.223. The van der Waals surface area contributed by atoms with Crippen molar-refractivity contribution in [3.63, 3.8) is 0 Å². The lowest BCUT2D eigenvalue weighted by molar-refractivity contribution is 0.102. The largest absolute Gasteiger partial charge is 0.495 e. The van der Waals surface area contributed by atoms with E-state index in [1.54, 1.807) is 24.3 Å². The van der Waals surface area contributed by atoms with Crippen LogP contribution in [0.2, 0.25) is 0 Å². The van der Waals surface area contributed by atoms with E-state index in [0.717, 1.165) is 5.56 Å². The second-order valence-corrected chi connectivity index (χ2v) is 5.20. The summed E-state index contributed by atoms with van der Waals surface area (Å²) in [5.41, 5.74) is 1.64. The number of nitrogens with zero attached hydrogens (tertiary/aromatic N) is 1. The van der Waals surface area contributed by atoms with E-state index < -0.39 is 0 Å². The van der Waals surface area contributed by atoms with Crippen molar-refractivity contribution in [2.45, 2.75) is 6.61 Å². The van der Waals surface area contributed by atoms with Crippen molar-refractivity contribution >= 4 is 11.6 Å². The molecule has 0 saturated carbocycles. The summed E-state index contributed by atoms with van der Waals surface area (Å²) in [5.74, 6) is 0.250. The number of methoxy groups -OCH3 is 1. The molecule has 25 heavy (non-hydrogen) atoms. The maximum Gasteiger partial charge on any atom is 0.273 e. The highest BCUT2D eigenvalue weighted by Crippen LogP contribution is 2.26. The minimum Gasteiger partial charge on any atom is -0.495 e. The molecule has 1 heterocycles. The lowest BCUT2D eigenvalue weighted by Gasteiger charge is -2.12. The summed E-state index contributed by atoms with van der Waals surface area (Å²) in [6, 6.07) is 11.2. The molecular formula is C18H16FN3O3. The van der Waals surface area contributed by atoms with Crippen molar-refractivity contribution in [1.29, 1.82) is 0 Å². The molecule has 128 valence electrons. The van der Waals surface area contributed by atoms with E-state index in [1.807, 2.05) is 6.07 Å². The molecule has 0 unspecified atom stereocenters. The average molecular weight is 341 g/mol. The standard InChI is InChI=1S/C18H16FN3O3/c1-24-17-6-5-12(10-25-14-4-2-3-13(19)8-14)7-15(17)22-18(23)16-9-20-11-21-16/h2-9,11H,10H2,1H3,(H,20,21)(H,22,23). The Bertz CT molecular complexity index is 866. The number of imidazole rings is 1. The number of hydrogen-bond acceptors (Lipinski definition) is 4. The van der Waals surface area contributed by atoms with Crippen LogP contribution in [0.5, 0.6) is 11.5 Å². The predicted molar refractivity (Wildman–Crippen MR) is 90.3 cm³/mol. The maximum absolute atomic E-state index is 13.2. The third kappa shape index (κ3) is 4.14. The predicted octanol–water partition coefficient (Wildman–Crippen LogP) is 3.39. The molecule has 3 rings (SSSR count). The van der Waals surface area contributed by atoms with E-state index in [4.69, 9.17) is 9.47 Å². The van der Waals surface area contributed by atoms with Gasteiger partial charge in [0.25, 0.3) is 5.91 Å². The van der Waals surface area contributed by atoms with Crippen LogP contribution in [-0.4, -0.2) is 23.0 Å². The Morgan fingerprint density at radius 3 is 2.88 bits per heavy atom. The number of nitrogens with one attached hydrogen (secondary N) is 2. The Morgan fingerprint density at radius 2 is 2.16 bits per heavy atom. The Morgan fingerprint density at radius 1 is 1.28 bits per heavy atom. The third-order valence-corrected chi connectivity index (χ3v) is 3.46. The van der Waals surface area contributed by atoms with E-state index >= 15 is 0 Å². The number of benzene rings is 2. The third-order valence-electron chi connectivity index (χ3n) is 3.46. The van der Waals surface area contributed by atoms with Gasteiger partial charge in [-0.25, -0.2) is 9.37 Å². The molecule has 1 amide bonds. The second-order valence-electron chi connectivity index (χ2n) is 5.20. The average Bonchev–Trinajstić information content (AvgIpc) is 3.15. The van der Waals surface area contributed by atoms with Gasteiger partial charge in [-0.15, -0.1) is 0 Å². The molecule has 0 fully saturated rings. The van der Waals surface area contributed by atoms with Crippen molar-refractivity contribution in [3.05, 3.63) is 72.1 Å². The molecule has 0 bridgehead atoms. The first-order valence-electron chi connectivity index (χ1n) is 7.50. The fourth-order valence-electron chi connectivity index (χ4n) is 2.24. The highest BCUT2D eigenvalue weighted by atomic mass is 19.1. The van der Waals surface area contributed by atoms with E-state index in [9.17, 15) is 9.18 Å². The number of carbonyl (C=O) groups is 1. The molecule has 6 nitrogen and oxygen atoms in total. The molecule has 2 N–H and O–H groups in total. The highest BCUT2D eigenvalue weighted by Gasteiger charge is 2.12. The normalized spacial score (nSPS) is 10.3. The SMILES string of the molecule is COc1ccc(COc2cccc(F)c2)cc1NC(=O)c1cnc[nH]1. The smallest absolute Gasteiger partial charge is 0.273 e. The van der Waals surface area contributed by atoms with Crippen LogP contribution in [0, 0.1) is 5.82 Å². The minimum atomic E-state index is -0.361.